The van der Waals surface area contributed by atoms with Crippen LogP contribution in [0.5, 0.6) is 0 Å². The Bertz CT molecular complexity index is 640. The Labute approximate surface area is 138 Å². The number of nitrogens with one attached hydrogen (secondary N) is 1. The maximum atomic E-state index is 6.01. The average molecular weight is 310 g/mol. The van der Waals surface area contributed by atoms with E-state index in [0.717, 1.165) is 17.8 Å². The molecular weight excluding hydrogens is 287 g/mol. The van der Waals surface area contributed by atoms with E-state index in [2.05, 4.69) is 22.4 Å². The second kappa shape index (κ2) is 5.98. The van der Waals surface area contributed by atoms with Crippen LogP contribution >= 0.6 is 0 Å². The first kappa shape index (κ1) is 16.0. The highest BCUT2D eigenvalue weighted by Gasteiger charge is 2.52. The zero-order valence-electron chi connectivity index (χ0n) is 14.2. The van der Waals surface area contributed by atoms with Crippen molar-refractivity contribution in [2.45, 2.75) is 45.4 Å². The Balaban J connectivity index is 1.64. The maximum absolute atomic E-state index is 6.01. The quantitative estimate of drug-likeness (QED) is 0.882. The van der Waals surface area contributed by atoms with Crippen LogP contribution in [0.2, 0.25) is 0 Å². The van der Waals surface area contributed by atoms with Crippen molar-refractivity contribution in [3.63, 3.8) is 0 Å². The lowest BCUT2D eigenvalue weighted by atomic mass is 9.84. The van der Waals surface area contributed by atoms with Crippen molar-refractivity contribution in [1.82, 2.24) is 4.98 Å². The topological polar surface area (TPSA) is 43.4 Å². The van der Waals surface area contributed by atoms with E-state index >= 15 is 0 Å². The van der Waals surface area contributed by atoms with Gasteiger partial charge in [0.15, 0.2) is 0 Å². The summed E-state index contributed by atoms with van der Waals surface area (Å²) in [6.07, 6.45) is 1.82. The molecule has 1 aliphatic heterocycles. The molecule has 0 aliphatic carbocycles. The van der Waals surface area contributed by atoms with Crippen LogP contribution in [0, 0.1) is 0 Å². The summed E-state index contributed by atoms with van der Waals surface area (Å²) in [4.78, 5) is 4.49. The number of aromatic nitrogens is 1. The number of hydrogen-bond acceptors (Lipinski definition) is 4. The Hall–Kier alpha value is -1.85. The molecule has 0 radical (unpaired) electrons. The number of anilines is 1. The molecule has 1 aromatic heterocycles. The van der Waals surface area contributed by atoms with Gasteiger partial charge < -0.3 is 14.6 Å². The third-order valence-corrected chi connectivity index (χ3v) is 4.62. The minimum absolute atomic E-state index is 0.344. The molecule has 0 bridgehead atoms. The number of benzene rings is 1. The first-order chi connectivity index (χ1) is 10.9. The van der Waals surface area contributed by atoms with Gasteiger partial charge in [0.1, 0.15) is 0 Å². The number of nitrogens with zero attached hydrogens (tertiary/aromatic N) is 1. The van der Waals surface area contributed by atoms with E-state index in [0.29, 0.717) is 0 Å². The first-order valence-electron chi connectivity index (χ1n) is 7.97. The molecule has 5 heteroatoms. The Kier molecular flexibility index (Phi) is 4.17. The minimum Gasteiger partial charge on any atom is -0.398 e. The fourth-order valence-corrected chi connectivity index (χ4v) is 2.41. The van der Waals surface area contributed by atoms with Crippen molar-refractivity contribution in [2.24, 2.45) is 0 Å². The SMILES string of the molecule is CC1(C)OB(c2ccc(NCc3ccccc3)cn2)OC1(C)C. The molecule has 3 rings (SSSR count). The van der Waals surface area contributed by atoms with Gasteiger partial charge in [0.25, 0.3) is 0 Å². The fourth-order valence-electron chi connectivity index (χ4n) is 2.41. The van der Waals surface area contributed by atoms with Gasteiger partial charge in [-0.15, -0.1) is 0 Å². The van der Waals surface area contributed by atoms with Gasteiger partial charge in [0.2, 0.25) is 0 Å². The highest BCUT2D eigenvalue weighted by Crippen LogP contribution is 2.36. The zero-order valence-corrected chi connectivity index (χ0v) is 14.2. The molecule has 0 unspecified atom stereocenters. The molecular formula is C18H23BN2O2. The van der Waals surface area contributed by atoms with Crippen molar-refractivity contribution >= 4 is 18.4 Å². The van der Waals surface area contributed by atoms with Crippen LogP contribution in [0.25, 0.3) is 0 Å². The summed E-state index contributed by atoms with van der Waals surface area (Å²) in [6.45, 7) is 8.95. The summed E-state index contributed by atoms with van der Waals surface area (Å²) in [7, 11) is -0.414. The third kappa shape index (κ3) is 3.41. The monoisotopic (exact) mass is 310 g/mol. The fraction of sp³-hybridized carbons (Fsp3) is 0.389. The van der Waals surface area contributed by atoms with E-state index in [1.54, 1.807) is 0 Å². The Morgan fingerprint density at radius 3 is 2.17 bits per heavy atom. The minimum atomic E-state index is -0.414. The van der Waals surface area contributed by atoms with Gasteiger partial charge >= 0.3 is 7.12 Å². The van der Waals surface area contributed by atoms with Crippen LogP contribution in [0.4, 0.5) is 5.69 Å². The molecule has 0 spiro atoms. The Morgan fingerprint density at radius 2 is 1.61 bits per heavy atom. The van der Waals surface area contributed by atoms with Gasteiger partial charge in [-0.05, 0) is 45.4 Å². The van der Waals surface area contributed by atoms with Crippen LogP contribution in [0.15, 0.2) is 48.7 Å². The molecule has 0 atom stereocenters. The van der Waals surface area contributed by atoms with Gasteiger partial charge in [-0.3, -0.25) is 4.98 Å². The van der Waals surface area contributed by atoms with Gasteiger partial charge in [-0.1, -0.05) is 30.3 Å². The predicted molar refractivity (Wildman–Crippen MR) is 93.7 cm³/mol. The standard InChI is InChI=1S/C18H23BN2O2/c1-17(2)18(3,4)23-19(22-17)16-11-10-15(13-21-16)20-12-14-8-6-5-7-9-14/h5-11,13,20H,12H2,1-4H3. The van der Waals surface area contributed by atoms with Crippen molar-refractivity contribution in [2.75, 3.05) is 5.32 Å². The van der Waals surface area contributed by atoms with Crippen LogP contribution in [0.3, 0.4) is 0 Å². The second-order valence-electron chi connectivity index (χ2n) is 6.90. The molecule has 23 heavy (non-hydrogen) atoms. The molecule has 4 nitrogen and oxygen atoms in total. The van der Waals surface area contributed by atoms with Gasteiger partial charge in [-0.25, -0.2) is 0 Å². The summed E-state index contributed by atoms with van der Waals surface area (Å²) in [5, 5.41) is 3.37. The van der Waals surface area contributed by atoms with E-state index in [1.807, 2.05) is 64.2 Å². The highest BCUT2D eigenvalue weighted by molar-refractivity contribution is 6.61. The molecule has 2 aromatic rings. The van der Waals surface area contributed by atoms with Crippen molar-refractivity contribution in [3.8, 4) is 0 Å². The predicted octanol–water partition coefficient (Wildman–Crippen LogP) is 2.99. The smallest absolute Gasteiger partial charge is 0.398 e. The van der Waals surface area contributed by atoms with E-state index in [-0.39, 0.29) is 11.2 Å². The zero-order chi connectivity index (χ0) is 16.5. The maximum Gasteiger partial charge on any atom is 0.514 e. The lowest BCUT2D eigenvalue weighted by molar-refractivity contribution is 0.00578. The van der Waals surface area contributed by atoms with Crippen LogP contribution in [-0.4, -0.2) is 23.3 Å². The number of hydrogen-bond donors (Lipinski definition) is 1. The molecule has 1 aromatic carbocycles. The van der Waals surface area contributed by atoms with E-state index in [1.165, 1.54) is 5.56 Å². The molecule has 1 aliphatic rings. The summed E-state index contributed by atoms with van der Waals surface area (Å²) >= 11 is 0. The summed E-state index contributed by atoms with van der Waals surface area (Å²) in [5.74, 6) is 0. The van der Waals surface area contributed by atoms with Gasteiger partial charge in [0, 0.05) is 12.7 Å². The molecule has 1 fully saturated rings. The Morgan fingerprint density at radius 1 is 0.957 bits per heavy atom. The van der Waals surface area contributed by atoms with E-state index in [9.17, 15) is 0 Å². The van der Waals surface area contributed by atoms with E-state index in [4.69, 9.17) is 9.31 Å². The number of pyridine rings is 1. The van der Waals surface area contributed by atoms with Crippen molar-refractivity contribution in [3.05, 3.63) is 54.2 Å². The summed E-state index contributed by atoms with van der Waals surface area (Å²) in [5.41, 5.74) is 2.33. The van der Waals surface area contributed by atoms with Crippen LogP contribution in [0.1, 0.15) is 33.3 Å². The highest BCUT2D eigenvalue weighted by atomic mass is 16.7. The van der Waals surface area contributed by atoms with Crippen LogP contribution in [-0.2, 0) is 15.9 Å². The average Bonchev–Trinajstić information content (AvgIpc) is 2.75. The van der Waals surface area contributed by atoms with Crippen LogP contribution < -0.4 is 10.9 Å². The molecule has 0 amide bonds. The van der Waals surface area contributed by atoms with E-state index < -0.39 is 7.12 Å². The van der Waals surface area contributed by atoms with Crippen molar-refractivity contribution < 1.29 is 9.31 Å². The summed E-state index contributed by atoms with van der Waals surface area (Å²) in [6, 6.07) is 14.3. The molecule has 1 N–H and O–H groups in total. The molecule has 0 saturated carbocycles. The first-order valence-corrected chi connectivity index (χ1v) is 7.97. The molecule has 1 saturated heterocycles. The summed E-state index contributed by atoms with van der Waals surface area (Å²) < 4.78 is 12.0. The number of rotatable bonds is 4. The van der Waals surface area contributed by atoms with Crippen molar-refractivity contribution in [1.29, 1.82) is 0 Å². The normalized spacial score (nSPS) is 18.9. The lowest BCUT2D eigenvalue weighted by Gasteiger charge is -2.32. The lowest BCUT2D eigenvalue weighted by Crippen LogP contribution is -2.41. The third-order valence-electron chi connectivity index (χ3n) is 4.62. The second-order valence-corrected chi connectivity index (χ2v) is 6.90. The largest absolute Gasteiger partial charge is 0.514 e. The molecule has 120 valence electrons. The van der Waals surface area contributed by atoms with Gasteiger partial charge in [-0.2, -0.15) is 0 Å². The molecule has 2 heterocycles. The van der Waals surface area contributed by atoms with Gasteiger partial charge in [0.05, 0.1) is 22.5 Å².